The first-order valence-corrected chi connectivity index (χ1v) is 25.7. The highest BCUT2D eigenvalue weighted by Crippen LogP contribution is 2.31. The van der Waals surface area contributed by atoms with Crippen molar-refractivity contribution in [1.29, 1.82) is 0 Å². The number of benzene rings is 8. The molecule has 8 aromatic carbocycles. The second-order valence-electron chi connectivity index (χ2n) is 18.0. The van der Waals surface area contributed by atoms with E-state index < -0.39 is 17.8 Å². The highest BCUT2D eigenvalue weighted by atomic mass is 35.5. The summed E-state index contributed by atoms with van der Waals surface area (Å²) in [7, 11) is 0. The molecule has 5 N–H and O–H groups in total. The number of hydrogen-bond donors (Lipinski definition) is 3. The number of nitrogens with two attached hydrogens (primary N) is 2. The van der Waals surface area contributed by atoms with Crippen molar-refractivity contribution in [3.8, 4) is 11.5 Å². The van der Waals surface area contributed by atoms with E-state index in [0.717, 1.165) is 30.6 Å². The average molecular weight is 1040 g/mol. The molecular weight excluding hydrogens is 980 g/mol. The summed E-state index contributed by atoms with van der Waals surface area (Å²) >= 11 is 13.1. The quantitative estimate of drug-likeness (QED) is 0.0479. The molecule has 0 aliphatic carbocycles. The predicted molar refractivity (Wildman–Crippen MR) is 300 cm³/mol. The molecule has 0 bridgehead atoms. The molecule has 0 atom stereocenters. The normalized spacial score (nSPS) is 11.1. The Morgan fingerprint density at radius 3 is 1.41 bits per heavy atom. The summed E-state index contributed by atoms with van der Waals surface area (Å²) < 4.78 is 11.8. The van der Waals surface area contributed by atoms with Crippen LogP contribution in [0.4, 0.5) is 0 Å². The van der Waals surface area contributed by atoms with Gasteiger partial charge in [0.2, 0.25) is 5.91 Å². The Hall–Kier alpha value is -7.73. The summed E-state index contributed by atoms with van der Waals surface area (Å²) in [5, 5.41) is 11.1. The molecule has 384 valence electrons. The lowest BCUT2D eigenvalue weighted by atomic mass is 9.90. The maximum Gasteiger partial charge on any atom is 0.336 e. The topological polar surface area (TPSA) is 148 Å². The molecule has 0 aromatic heterocycles. The zero-order chi connectivity index (χ0) is 52.8. The second-order valence-corrected chi connectivity index (χ2v) is 18.9. The van der Waals surface area contributed by atoms with Gasteiger partial charge in [-0.1, -0.05) is 187 Å². The van der Waals surface area contributed by atoms with Crippen molar-refractivity contribution in [2.24, 2.45) is 11.5 Å². The van der Waals surface area contributed by atoms with Crippen molar-refractivity contribution in [1.82, 2.24) is 9.80 Å². The van der Waals surface area contributed by atoms with Crippen molar-refractivity contribution in [3.63, 3.8) is 0 Å². The van der Waals surface area contributed by atoms with Gasteiger partial charge in [0, 0.05) is 72.3 Å². The molecule has 0 unspecified atom stereocenters. The van der Waals surface area contributed by atoms with Gasteiger partial charge < -0.3 is 26.0 Å². The van der Waals surface area contributed by atoms with Crippen LogP contribution < -0.4 is 20.9 Å². The van der Waals surface area contributed by atoms with Crippen LogP contribution in [0.3, 0.4) is 0 Å². The van der Waals surface area contributed by atoms with E-state index in [1.807, 2.05) is 84.9 Å². The lowest BCUT2D eigenvalue weighted by Gasteiger charge is -2.29. The molecular formula is C63H62Cl2N4O6. The summed E-state index contributed by atoms with van der Waals surface area (Å²) in [4.78, 5) is 39.7. The van der Waals surface area contributed by atoms with Crippen molar-refractivity contribution < 1.29 is 29.0 Å². The predicted octanol–water partition coefficient (Wildman–Crippen LogP) is 12.8. The molecule has 0 saturated carbocycles. The van der Waals surface area contributed by atoms with Crippen molar-refractivity contribution >= 4 is 41.0 Å². The number of halogens is 2. The van der Waals surface area contributed by atoms with E-state index >= 15 is 0 Å². The van der Waals surface area contributed by atoms with Crippen LogP contribution in [0.2, 0.25) is 10.0 Å². The summed E-state index contributed by atoms with van der Waals surface area (Å²) in [6, 6.07) is 68.4. The van der Waals surface area contributed by atoms with Crippen LogP contribution in [-0.2, 0) is 13.1 Å². The average Bonchev–Trinajstić information content (AvgIpc) is 3.44. The van der Waals surface area contributed by atoms with Gasteiger partial charge in [-0.25, -0.2) is 4.79 Å². The van der Waals surface area contributed by atoms with Crippen LogP contribution in [0.15, 0.2) is 212 Å². The van der Waals surface area contributed by atoms with E-state index in [4.69, 9.17) is 44.1 Å². The standard InChI is InChI=1S/C32H32N2O4.C31H30Cl2N2O2/c33-31(35)26-16-9-17-28(21-26)38-20-10-19-34(22-27-15-7-8-18-29(27)32(36)37)23-30(24-11-3-1-4-12-24)25-13-5-2-6-14-25;32-28-16-9-17-29(33)27(28)22-35(19-10-20-37-30-18-8-7-15-25(30)31(34)36)21-26(23-11-3-1-4-12-23)24-13-5-2-6-14-24/h1-9,11-18,21,30H,10,19-20,22-23H2,(H2,33,35)(H,36,37);1-9,11-18,26H,10,19-22H2,(H2,34,36). The van der Waals surface area contributed by atoms with E-state index in [9.17, 15) is 19.5 Å². The molecule has 2 amide bonds. The first kappa shape index (κ1) is 55.0. The Kier molecular flexibility index (Phi) is 21.0. The van der Waals surface area contributed by atoms with Gasteiger partial charge in [-0.3, -0.25) is 19.4 Å². The molecule has 0 fully saturated rings. The number of nitrogens with zero attached hydrogens (tertiary/aromatic N) is 2. The number of para-hydroxylation sites is 1. The number of carboxylic acids is 1. The number of carbonyl (C=O) groups is 3. The molecule has 0 aliphatic heterocycles. The number of amides is 2. The van der Waals surface area contributed by atoms with E-state index in [-0.39, 0.29) is 11.8 Å². The zero-order valence-corrected chi connectivity index (χ0v) is 43.2. The molecule has 75 heavy (non-hydrogen) atoms. The van der Waals surface area contributed by atoms with Crippen LogP contribution in [0.25, 0.3) is 0 Å². The third kappa shape index (κ3) is 16.6. The monoisotopic (exact) mass is 1040 g/mol. The summed E-state index contributed by atoms with van der Waals surface area (Å²) in [5.41, 5.74) is 18.6. The number of carbonyl (C=O) groups excluding carboxylic acids is 2. The fourth-order valence-corrected chi connectivity index (χ4v) is 9.55. The third-order valence-corrected chi connectivity index (χ3v) is 13.5. The fraction of sp³-hybridized carbons (Fsp3) is 0.190. The summed E-state index contributed by atoms with van der Waals surface area (Å²) in [6.07, 6.45) is 1.46. The molecule has 0 spiro atoms. The van der Waals surface area contributed by atoms with Gasteiger partial charge >= 0.3 is 5.97 Å². The first-order valence-electron chi connectivity index (χ1n) is 25.0. The highest BCUT2D eigenvalue weighted by Gasteiger charge is 2.22. The Labute approximate surface area is 450 Å². The Bertz CT molecular complexity index is 2960. The largest absolute Gasteiger partial charge is 0.494 e. The van der Waals surface area contributed by atoms with Crippen LogP contribution in [-0.4, -0.2) is 72.1 Å². The smallest absolute Gasteiger partial charge is 0.336 e. The van der Waals surface area contributed by atoms with E-state index in [1.54, 1.807) is 54.6 Å². The SMILES string of the molecule is NC(=O)c1cccc(OCCCN(Cc2ccccc2C(=O)O)CC(c2ccccc2)c2ccccc2)c1.NC(=O)c1ccccc1OCCCN(Cc1c(Cl)cccc1Cl)CC(c1ccccc1)c1ccccc1. The molecule has 12 heteroatoms. The number of primary amides is 2. The summed E-state index contributed by atoms with van der Waals surface area (Å²) in [5.74, 6) is -0.549. The van der Waals surface area contributed by atoms with E-state index in [2.05, 4.69) is 82.6 Å². The minimum atomic E-state index is -0.930. The van der Waals surface area contributed by atoms with Gasteiger partial charge in [-0.15, -0.1) is 0 Å². The lowest BCUT2D eigenvalue weighted by Crippen LogP contribution is -2.31. The second kappa shape index (κ2) is 28.6. The molecule has 10 nitrogen and oxygen atoms in total. The van der Waals surface area contributed by atoms with Gasteiger partial charge in [0.1, 0.15) is 11.5 Å². The Morgan fingerprint density at radius 1 is 0.480 bits per heavy atom. The summed E-state index contributed by atoms with van der Waals surface area (Å²) in [6.45, 7) is 4.91. The van der Waals surface area contributed by atoms with Crippen LogP contribution in [0, 0.1) is 0 Å². The number of hydrogen-bond acceptors (Lipinski definition) is 7. The minimum Gasteiger partial charge on any atom is -0.494 e. The number of aromatic carboxylic acids is 1. The number of ether oxygens (including phenoxy) is 2. The molecule has 0 heterocycles. The zero-order valence-electron chi connectivity index (χ0n) is 41.7. The van der Waals surface area contributed by atoms with E-state index in [0.29, 0.717) is 84.0 Å². The maximum absolute atomic E-state index is 11.9. The van der Waals surface area contributed by atoms with Crippen molar-refractivity contribution in [2.75, 3.05) is 39.4 Å². The van der Waals surface area contributed by atoms with Crippen molar-refractivity contribution in [3.05, 3.63) is 272 Å². The van der Waals surface area contributed by atoms with Gasteiger partial charge in [0.15, 0.2) is 0 Å². The van der Waals surface area contributed by atoms with Gasteiger partial charge in [-0.05, 0) is 89.2 Å². The molecule has 0 saturated heterocycles. The highest BCUT2D eigenvalue weighted by molar-refractivity contribution is 6.36. The molecule has 0 aliphatic rings. The van der Waals surface area contributed by atoms with E-state index in [1.165, 1.54) is 22.3 Å². The number of carboxylic acid groups (broad SMARTS) is 1. The lowest BCUT2D eigenvalue weighted by molar-refractivity contribution is 0.0693. The first-order chi connectivity index (χ1) is 36.5. The third-order valence-electron chi connectivity index (χ3n) is 12.8. The van der Waals surface area contributed by atoms with Crippen LogP contribution in [0.5, 0.6) is 11.5 Å². The van der Waals surface area contributed by atoms with Crippen molar-refractivity contribution in [2.45, 2.75) is 37.8 Å². The number of rotatable bonds is 25. The van der Waals surface area contributed by atoms with Crippen LogP contribution >= 0.6 is 23.2 Å². The maximum atomic E-state index is 11.9. The molecule has 8 aromatic rings. The minimum absolute atomic E-state index is 0.113. The van der Waals surface area contributed by atoms with Gasteiger partial charge in [0.25, 0.3) is 5.91 Å². The van der Waals surface area contributed by atoms with Crippen LogP contribution in [0.1, 0.15) is 89.1 Å². The van der Waals surface area contributed by atoms with Gasteiger partial charge in [-0.2, -0.15) is 0 Å². The Balaban J connectivity index is 0.000000219. The Morgan fingerprint density at radius 2 is 0.920 bits per heavy atom. The fourth-order valence-electron chi connectivity index (χ4n) is 9.03. The van der Waals surface area contributed by atoms with Gasteiger partial charge in [0.05, 0.1) is 24.3 Å². The molecule has 8 rings (SSSR count). The molecule has 0 radical (unpaired) electrons.